The van der Waals surface area contributed by atoms with Crippen LogP contribution in [0.4, 0.5) is 0 Å². The summed E-state index contributed by atoms with van der Waals surface area (Å²) in [5.41, 5.74) is 3.06. The topological polar surface area (TPSA) is 66.4 Å². The average Bonchev–Trinajstić information content (AvgIpc) is 3.22. The molecular formula is C22H26N4O2. The Morgan fingerprint density at radius 1 is 1.18 bits per heavy atom. The molecule has 0 bridgehead atoms. The van der Waals surface area contributed by atoms with Crippen LogP contribution in [-0.4, -0.2) is 44.7 Å². The summed E-state index contributed by atoms with van der Waals surface area (Å²) in [5, 5.41) is 0. The van der Waals surface area contributed by atoms with Crippen molar-refractivity contribution in [3.05, 3.63) is 59.2 Å². The average molecular weight is 378 g/mol. The molecule has 1 aromatic carbocycles. The molecular weight excluding hydrogens is 352 g/mol. The third-order valence-corrected chi connectivity index (χ3v) is 5.90. The Labute approximate surface area is 165 Å². The van der Waals surface area contributed by atoms with Crippen molar-refractivity contribution in [1.29, 1.82) is 0 Å². The SMILES string of the molecule is CC(=O)N1CCc2nc([C@@H]3CCCN3C(=O)[C@H](C)c3ccccc3)ncc2C1. The zero-order chi connectivity index (χ0) is 19.7. The molecule has 0 spiro atoms. The van der Waals surface area contributed by atoms with Crippen LogP contribution in [0, 0.1) is 0 Å². The quantitative estimate of drug-likeness (QED) is 0.824. The first-order valence-corrected chi connectivity index (χ1v) is 10.00. The number of amides is 2. The minimum atomic E-state index is -0.177. The molecule has 3 heterocycles. The maximum absolute atomic E-state index is 13.2. The minimum absolute atomic E-state index is 0.0604. The molecule has 1 fully saturated rings. The van der Waals surface area contributed by atoms with Crippen LogP contribution >= 0.6 is 0 Å². The van der Waals surface area contributed by atoms with Gasteiger partial charge in [0.1, 0.15) is 0 Å². The number of rotatable bonds is 3. The number of benzene rings is 1. The Kier molecular flexibility index (Phi) is 5.11. The molecule has 6 heteroatoms. The highest BCUT2D eigenvalue weighted by molar-refractivity contribution is 5.84. The van der Waals surface area contributed by atoms with Crippen molar-refractivity contribution in [1.82, 2.24) is 19.8 Å². The normalized spacial score (nSPS) is 20.0. The molecule has 0 saturated carbocycles. The van der Waals surface area contributed by atoms with Crippen LogP contribution < -0.4 is 0 Å². The maximum atomic E-state index is 13.2. The summed E-state index contributed by atoms with van der Waals surface area (Å²) in [6.07, 6.45) is 4.45. The van der Waals surface area contributed by atoms with Crippen molar-refractivity contribution >= 4 is 11.8 Å². The van der Waals surface area contributed by atoms with Crippen molar-refractivity contribution in [2.75, 3.05) is 13.1 Å². The number of aromatic nitrogens is 2. The standard InChI is InChI=1S/C22H26N4O2/c1-15(17-7-4-3-5-8-17)22(28)26-11-6-9-20(26)21-23-13-18-14-25(16(2)27)12-10-19(18)24-21/h3-5,7-8,13,15,20H,6,9-12,14H2,1-2H3/t15-,20+/m1/s1. The lowest BCUT2D eigenvalue weighted by Gasteiger charge is -2.29. The van der Waals surface area contributed by atoms with Gasteiger partial charge in [0.2, 0.25) is 11.8 Å². The fourth-order valence-corrected chi connectivity index (χ4v) is 4.19. The fraction of sp³-hybridized carbons (Fsp3) is 0.455. The van der Waals surface area contributed by atoms with E-state index in [9.17, 15) is 9.59 Å². The number of fused-ring (bicyclic) bond motifs is 1. The van der Waals surface area contributed by atoms with E-state index in [0.29, 0.717) is 13.1 Å². The second-order valence-corrected chi connectivity index (χ2v) is 7.71. The van der Waals surface area contributed by atoms with E-state index in [1.165, 1.54) is 0 Å². The van der Waals surface area contributed by atoms with Crippen LogP contribution in [0.25, 0.3) is 0 Å². The van der Waals surface area contributed by atoms with Gasteiger partial charge in [-0.05, 0) is 25.3 Å². The molecule has 2 aliphatic heterocycles. The summed E-state index contributed by atoms with van der Waals surface area (Å²) in [5.74, 6) is 0.777. The van der Waals surface area contributed by atoms with E-state index in [0.717, 1.165) is 48.5 Å². The number of carbonyl (C=O) groups excluding carboxylic acids is 2. The third kappa shape index (κ3) is 3.51. The van der Waals surface area contributed by atoms with E-state index in [2.05, 4.69) is 4.98 Å². The van der Waals surface area contributed by atoms with Gasteiger partial charge in [-0.2, -0.15) is 0 Å². The molecule has 0 radical (unpaired) electrons. The summed E-state index contributed by atoms with van der Waals surface area (Å²) in [6, 6.07) is 9.85. The number of likely N-dealkylation sites (tertiary alicyclic amines) is 1. The molecule has 0 aliphatic carbocycles. The predicted octanol–water partition coefficient (Wildman–Crippen LogP) is 2.85. The summed E-state index contributed by atoms with van der Waals surface area (Å²) >= 11 is 0. The van der Waals surface area contributed by atoms with Gasteiger partial charge in [-0.25, -0.2) is 9.97 Å². The van der Waals surface area contributed by atoms with E-state index in [-0.39, 0.29) is 23.8 Å². The van der Waals surface area contributed by atoms with E-state index in [1.807, 2.05) is 53.3 Å². The number of hydrogen-bond donors (Lipinski definition) is 0. The van der Waals surface area contributed by atoms with Gasteiger partial charge >= 0.3 is 0 Å². The molecule has 1 aromatic heterocycles. The van der Waals surface area contributed by atoms with Crippen LogP contribution in [0.2, 0.25) is 0 Å². The number of carbonyl (C=O) groups is 2. The fourth-order valence-electron chi connectivity index (χ4n) is 4.19. The van der Waals surface area contributed by atoms with Gasteiger partial charge in [0.15, 0.2) is 5.82 Å². The van der Waals surface area contributed by atoms with Crippen LogP contribution in [0.1, 0.15) is 61.3 Å². The highest BCUT2D eigenvalue weighted by atomic mass is 16.2. The van der Waals surface area contributed by atoms with Crippen LogP contribution in [0.3, 0.4) is 0 Å². The molecule has 28 heavy (non-hydrogen) atoms. The first-order chi connectivity index (χ1) is 13.5. The largest absolute Gasteiger partial charge is 0.338 e. The van der Waals surface area contributed by atoms with Gasteiger partial charge in [-0.3, -0.25) is 9.59 Å². The third-order valence-electron chi connectivity index (χ3n) is 5.90. The molecule has 1 saturated heterocycles. The highest BCUT2D eigenvalue weighted by Gasteiger charge is 2.35. The highest BCUT2D eigenvalue weighted by Crippen LogP contribution is 2.33. The summed E-state index contributed by atoms with van der Waals surface area (Å²) in [6.45, 7) is 5.58. The molecule has 0 N–H and O–H groups in total. The molecule has 6 nitrogen and oxygen atoms in total. The molecule has 2 aliphatic rings. The van der Waals surface area contributed by atoms with Crippen LogP contribution in [0.5, 0.6) is 0 Å². The van der Waals surface area contributed by atoms with Crippen molar-refractivity contribution in [3.8, 4) is 0 Å². The van der Waals surface area contributed by atoms with Crippen LogP contribution in [0.15, 0.2) is 36.5 Å². The van der Waals surface area contributed by atoms with Crippen molar-refractivity contribution < 1.29 is 9.59 Å². The van der Waals surface area contributed by atoms with Gasteiger partial charge in [0.25, 0.3) is 0 Å². The van der Waals surface area contributed by atoms with E-state index >= 15 is 0 Å². The zero-order valence-electron chi connectivity index (χ0n) is 16.5. The molecule has 146 valence electrons. The van der Waals surface area contributed by atoms with E-state index < -0.39 is 0 Å². The number of hydrogen-bond acceptors (Lipinski definition) is 4. The second-order valence-electron chi connectivity index (χ2n) is 7.71. The summed E-state index contributed by atoms with van der Waals surface area (Å²) in [7, 11) is 0. The van der Waals surface area contributed by atoms with Gasteiger partial charge in [0.05, 0.1) is 17.7 Å². The Morgan fingerprint density at radius 3 is 2.71 bits per heavy atom. The van der Waals surface area contributed by atoms with Gasteiger partial charge in [0, 0.05) is 44.7 Å². The predicted molar refractivity (Wildman–Crippen MR) is 105 cm³/mol. The van der Waals surface area contributed by atoms with Crippen LogP contribution in [-0.2, 0) is 22.6 Å². The van der Waals surface area contributed by atoms with E-state index in [1.54, 1.807) is 6.92 Å². The van der Waals surface area contributed by atoms with Gasteiger partial charge in [-0.1, -0.05) is 30.3 Å². The van der Waals surface area contributed by atoms with Crippen molar-refractivity contribution in [2.24, 2.45) is 0 Å². The Morgan fingerprint density at radius 2 is 1.96 bits per heavy atom. The smallest absolute Gasteiger partial charge is 0.230 e. The molecule has 2 aromatic rings. The monoisotopic (exact) mass is 378 g/mol. The van der Waals surface area contributed by atoms with Gasteiger partial charge < -0.3 is 9.80 Å². The van der Waals surface area contributed by atoms with E-state index in [4.69, 9.17) is 4.98 Å². The second kappa shape index (κ2) is 7.70. The molecule has 2 amide bonds. The lowest BCUT2D eigenvalue weighted by atomic mass is 9.99. The first-order valence-electron chi connectivity index (χ1n) is 10.00. The van der Waals surface area contributed by atoms with Gasteiger partial charge in [-0.15, -0.1) is 0 Å². The lowest BCUT2D eigenvalue weighted by Crippen LogP contribution is -2.36. The van der Waals surface area contributed by atoms with Crippen molar-refractivity contribution in [2.45, 2.75) is 51.6 Å². The Balaban J connectivity index is 1.54. The van der Waals surface area contributed by atoms with Crippen molar-refractivity contribution in [3.63, 3.8) is 0 Å². The molecule has 4 rings (SSSR count). The Bertz CT molecular complexity index is 883. The first kappa shape index (κ1) is 18.6. The Hall–Kier alpha value is -2.76. The molecule has 2 atom stereocenters. The summed E-state index contributed by atoms with van der Waals surface area (Å²) < 4.78 is 0. The summed E-state index contributed by atoms with van der Waals surface area (Å²) in [4.78, 5) is 38.0. The zero-order valence-corrected chi connectivity index (χ0v) is 16.5. The lowest BCUT2D eigenvalue weighted by molar-refractivity contribution is -0.133. The number of nitrogens with zero attached hydrogens (tertiary/aromatic N) is 4. The molecule has 0 unspecified atom stereocenters. The maximum Gasteiger partial charge on any atom is 0.230 e. The minimum Gasteiger partial charge on any atom is -0.338 e.